The van der Waals surface area contributed by atoms with Gasteiger partial charge in [-0.25, -0.2) is 0 Å². The van der Waals surface area contributed by atoms with E-state index in [1.165, 1.54) is 4.90 Å². The summed E-state index contributed by atoms with van der Waals surface area (Å²) in [5, 5.41) is 9.77. The van der Waals surface area contributed by atoms with E-state index < -0.39 is 0 Å². The molecule has 1 N–H and O–H groups in total. The Hall–Kier alpha value is -4.06. The highest BCUT2D eigenvalue weighted by Gasteiger charge is 2.34. The van der Waals surface area contributed by atoms with Crippen molar-refractivity contribution >= 4 is 23.5 Å². The van der Waals surface area contributed by atoms with Crippen molar-refractivity contribution < 1.29 is 24.2 Å². The molecular formula is C24H17NO5. The number of aromatic hydroxyl groups is 1. The normalized spacial score (nSPS) is 16.1. The van der Waals surface area contributed by atoms with E-state index in [0.717, 1.165) is 5.56 Å². The maximum Gasteiger partial charge on any atom is 0.261 e. The lowest BCUT2D eigenvalue weighted by molar-refractivity contribution is -0.123. The van der Waals surface area contributed by atoms with Crippen LogP contribution < -0.4 is 9.47 Å². The van der Waals surface area contributed by atoms with E-state index in [1.54, 1.807) is 66.7 Å². The molecule has 3 aromatic carbocycles. The van der Waals surface area contributed by atoms with E-state index in [4.69, 9.17) is 9.47 Å². The zero-order valence-electron chi connectivity index (χ0n) is 15.9. The smallest absolute Gasteiger partial charge is 0.261 e. The molecule has 0 unspecified atom stereocenters. The van der Waals surface area contributed by atoms with E-state index in [-0.39, 0.29) is 30.9 Å². The van der Waals surface area contributed by atoms with Crippen molar-refractivity contribution in [1.29, 1.82) is 0 Å². The second-order valence-corrected chi connectivity index (χ2v) is 7.08. The van der Waals surface area contributed by atoms with Gasteiger partial charge in [-0.1, -0.05) is 36.4 Å². The average molecular weight is 399 g/mol. The van der Waals surface area contributed by atoms with Crippen molar-refractivity contribution in [3.63, 3.8) is 0 Å². The van der Waals surface area contributed by atoms with Gasteiger partial charge < -0.3 is 14.6 Å². The van der Waals surface area contributed by atoms with Crippen LogP contribution in [-0.4, -0.2) is 28.6 Å². The summed E-state index contributed by atoms with van der Waals surface area (Å²) < 4.78 is 10.7. The summed E-state index contributed by atoms with van der Waals surface area (Å²) in [5.74, 6) is 0.611. The van der Waals surface area contributed by atoms with Crippen LogP contribution in [0.5, 0.6) is 17.2 Å². The summed E-state index contributed by atoms with van der Waals surface area (Å²) in [6, 6.07) is 19.0. The predicted octanol–water partition coefficient (Wildman–Crippen LogP) is 3.84. The molecule has 0 saturated carbocycles. The summed E-state index contributed by atoms with van der Waals surface area (Å²) in [5.41, 5.74) is 2.88. The predicted molar refractivity (Wildman–Crippen MR) is 110 cm³/mol. The molecule has 0 spiro atoms. The highest BCUT2D eigenvalue weighted by molar-refractivity contribution is 6.33. The molecule has 2 aliphatic heterocycles. The Balaban J connectivity index is 1.56. The summed E-state index contributed by atoms with van der Waals surface area (Å²) >= 11 is 0. The molecule has 2 aliphatic rings. The van der Waals surface area contributed by atoms with Crippen molar-refractivity contribution in [3.05, 3.63) is 89.0 Å². The van der Waals surface area contributed by atoms with E-state index in [9.17, 15) is 14.7 Å². The van der Waals surface area contributed by atoms with Gasteiger partial charge in [-0.3, -0.25) is 14.5 Å². The number of phenolic OH excluding ortho intramolecular Hbond substituents is 1. The molecule has 30 heavy (non-hydrogen) atoms. The molecule has 0 saturated heterocycles. The fourth-order valence-electron chi connectivity index (χ4n) is 3.69. The third-order valence-corrected chi connectivity index (χ3v) is 5.13. The first-order valence-corrected chi connectivity index (χ1v) is 9.45. The maximum absolute atomic E-state index is 13.3. The molecule has 3 aromatic rings. The lowest BCUT2D eigenvalue weighted by Gasteiger charge is -2.28. The molecule has 2 heterocycles. The quantitative estimate of drug-likeness (QED) is 0.535. The lowest BCUT2D eigenvalue weighted by atomic mass is 9.91. The van der Waals surface area contributed by atoms with Crippen LogP contribution in [0.1, 0.15) is 27.0 Å². The van der Waals surface area contributed by atoms with Crippen LogP contribution in [-0.2, 0) is 11.3 Å². The zero-order chi connectivity index (χ0) is 20.7. The number of phenols is 1. The first-order valence-electron chi connectivity index (χ1n) is 9.45. The van der Waals surface area contributed by atoms with Crippen molar-refractivity contribution in [2.75, 3.05) is 6.79 Å². The zero-order valence-corrected chi connectivity index (χ0v) is 15.9. The lowest BCUT2D eigenvalue weighted by Crippen LogP contribution is -2.41. The minimum atomic E-state index is -0.389. The Morgan fingerprint density at radius 2 is 1.67 bits per heavy atom. The molecular weight excluding hydrogens is 382 g/mol. The fourth-order valence-corrected chi connectivity index (χ4v) is 3.69. The molecule has 0 radical (unpaired) electrons. The number of rotatable bonds is 3. The fraction of sp³-hybridized carbons (Fsp3) is 0.0833. The number of amides is 2. The first-order chi connectivity index (χ1) is 14.6. The van der Waals surface area contributed by atoms with E-state index in [0.29, 0.717) is 33.8 Å². The van der Waals surface area contributed by atoms with Gasteiger partial charge in [-0.2, -0.15) is 0 Å². The molecule has 0 fully saturated rings. The number of carbonyl (C=O) groups excluding carboxylic acids is 2. The SMILES string of the molecule is O=C1C(=Cc2cccc(O)c2)c2ccccc2C(=O)N1Cc1ccc2c(c1)OCO2. The third-order valence-electron chi connectivity index (χ3n) is 5.13. The van der Waals surface area contributed by atoms with Crippen LogP contribution in [0.25, 0.3) is 11.6 Å². The Bertz CT molecular complexity index is 1210. The Labute approximate surface area is 172 Å². The van der Waals surface area contributed by atoms with Gasteiger partial charge in [0.05, 0.1) is 6.54 Å². The van der Waals surface area contributed by atoms with Gasteiger partial charge in [0.2, 0.25) is 6.79 Å². The van der Waals surface area contributed by atoms with Gasteiger partial charge in [0.15, 0.2) is 11.5 Å². The topological polar surface area (TPSA) is 76.1 Å². The van der Waals surface area contributed by atoms with E-state index in [2.05, 4.69) is 0 Å². The van der Waals surface area contributed by atoms with Gasteiger partial charge in [0.1, 0.15) is 5.75 Å². The molecule has 148 valence electrons. The number of carbonyl (C=O) groups is 2. The molecule has 0 aliphatic carbocycles. The third kappa shape index (κ3) is 3.08. The molecule has 0 atom stereocenters. The van der Waals surface area contributed by atoms with Crippen LogP contribution >= 0.6 is 0 Å². The van der Waals surface area contributed by atoms with E-state index in [1.807, 2.05) is 6.07 Å². The van der Waals surface area contributed by atoms with Gasteiger partial charge in [-0.05, 0) is 53.1 Å². The highest BCUT2D eigenvalue weighted by Crippen LogP contribution is 2.35. The summed E-state index contributed by atoms with van der Waals surface area (Å²) in [6.45, 7) is 0.268. The Morgan fingerprint density at radius 1 is 0.867 bits per heavy atom. The molecule has 0 aromatic heterocycles. The van der Waals surface area contributed by atoms with Crippen molar-refractivity contribution in [2.45, 2.75) is 6.54 Å². The summed E-state index contributed by atoms with van der Waals surface area (Å²) in [7, 11) is 0. The molecule has 6 nitrogen and oxygen atoms in total. The number of nitrogens with zero attached hydrogens (tertiary/aromatic N) is 1. The number of hydrogen-bond donors (Lipinski definition) is 1. The first kappa shape index (κ1) is 18.0. The van der Waals surface area contributed by atoms with Crippen molar-refractivity contribution in [3.8, 4) is 17.2 Å². The van der Waals surface area contributed by atoms with Gasteiger partial charge in [0.25, 0.3) is 11.8 Å². The number of benzene rings is 3. The monoisotopic (exact) mass is 399 g/mol. The Kier molecular flexibility index (Phi) is 4.25. The van der Waals surface area contributed by atoms with E-state index >= 15 is 0 Å². The Morgan fingerprint density at radius 3 is 2.50 bits per heavy atom. The molecule has 2 amide bonds. The van der Waals surface area contributed by atoms with Crippen LogP contribution in [0.4, 0.5) is 0 Å². The minimum Gasteiger partial charge on any atom is -0.508 e. The van der Waals surface area contributed by atoms with Crippen LogP contribution in [0.3, 0.4) is 0 Å². The molecule has 0 bridgehead atoms. The standard InChI is InChI=1S/C24H17NO5/c26-17-5-3-4-15(10-17)11-20-18-6-1-2-7-19(18)23(27)25(24(20)28)13-16-8-9-21-22(12-16)30-14-29-21/h1-12,26H,13-14H2. The van der Waals surface area contributed by atoms with Gasteiger partial charge >= 0.3 is 0 Å². The highest BCUT2D eigenvalue weighted by atomic mass is 16.7. The number of hydrogen-bond acceptors (Lipinski definition) is 5. The largest absolute Gasteiger partial charge is 0.508 e. The van der Waals surface area contributed by atoms with Crippen LogP contribution in [0.15, 0.2) is 66.7 Å². The number of ether oxygens (including phenoxy) is 2. The van der Waals surface area contributed by atoms with Crippen LogP contribution in [0.2, 0.25) is 0 Å². The summed E-state index contributed by atoms with van der Waals surface area (Å²) in [6.07, 6.45) is 1.69. The average Bonchev–Trinajstić information content (AvgIpc) is 3.22. The summed E-state index contributed by atoms with van der Waals surface area (Å²) in [4.78, 5) is 27.7. The minimum absolute atomic E-state index is 0.106. The van der Waals surface area contributed by atoms with Crippen molar-refractivity contribution in [2.24, 2.45) is 0 Å². The van der Waals surface area contributed by atoms with Gasteiger partial charge in [0, 0.05) is 11.1 Å². The number of imide groups is 1. The van der Waals surface area contributed by atoms with Crippen molar-refractivity contribution in [1.82, 2.24) is 4.90 Å². The van der Waals surface area contributed by atoms with Gasteiger partial charge in [-0.15, -0.1) is 0 Å². The molecule has 5 rings (SSSR count). The second kappa shape index (κ2) is 7.08. The maximum atomic E-state index is 13.3. The molecule has 6 heteroatoms. The second-order valence-electron chi connectivity index (χ2n) is 7.08. The number of fused-ring (bicyclic) bond motifs is 2. The van der Waals surface area contributed by atoms with Crippen LogP contribution in [0, 0.1) is 0 Å².